The van der Waals surface area contributed by atoms with E-state index in [1.165, 1.54) is 18.2 Å². The third-order valence-electron chi connectivity index (χ3n) is 3.99. The van der Waals surface area contributed by atoms with Crippen molar-refractivity contribution < 1.29 is 14.3 Å². The lowest BCUT2D eigenvalue weighted by Gasteiger charge is -2.07. The molecule has 25 heavy (non-hydrogen) atoms. The van der Waals surface area contributed by atoms with E-state index in [0.717, 1.165) is 12.0 Å². The zero-order chi connectivity index (χ0) is 17.8. The van der Waals surface area contributed by atoms with E-state index in [9.17, 15) is 9.59 Å². The van der Waals surface area contributed by atoms with Gasteiger partial charge in [0.25, 0.3) is 0 Å². The van der Waals surface area contributed by atoms with Crippen LogP contribution in [-0.4, -0.2) is 11.1 Å². The quantitative estimate of drug-likeness (QED) is 0.739. The molecule has 1 N–H and O–H groups in total. The van der Waals surface area contributed by atoms with Gasteiger partial charge in [-0.05, 0) is 36.3 Å². The molecule has 4 heteroatoms. The Bertz CT molecular complexity index is 998. The van der Waals surface area contributed by atoms with Gasteiger partial charge in [-0.2, -0.15) is 0 Å². The molecule has 0 aliphatic carbocycles. The molecule has 1 heterocycles. The van der Waals surface area contributed by atoms with E-state index < -0.39 is 5.97 Å². The number of benzene rings is 2. The second kappa shape index (κ2) is 7.18. The maximum atomic E-state index is 12.8. The Labute approximate surface area is 145 Å². The summed E-state index contributed by atoms with van der Waals surface area (Å²) in [6, 6.07) is 14.1. The number of carboxylic acids is 1. The van der Waals surface area contributed by atoms with Gasteiger partial charge >= 0.3 is 5.97 Å². The molecule has 0 atom stereocenters. The summed E-state index contributed by atoms with van der Waals surface area (Å²) >= 11 is 0. The third kappa shape index (κ3) is 3.53. The van der Waals surface area contributed by atoms with Crippen LogP contribution >= 0.6 is 0 Å². The van der Waals surface area contributed by atoms with Crippen LogP contribution in [0.3, 0.4) is 0 Å². The van der Waals surface area contributed by atoms with Crippen molar-refractivity contribution in [2.45, 2.75) is 19.8 Å². The van der Waals surface area contributed by atoms with Crippen LogP contribution in [0, 0.1) is 0 Å². The van der Waals surface area contributed by atoms with E-state index in [-0.39, 0.29) is 11.0 Å². The smallest absolute Gasteiger partial charge is 0.335 e. The lowest BCUT2D eigenvalue weighted by Crippen LogP contribution is -2.12. The predicted molar refractivity (Wildman–Crippen MR) is 98.8 cm³/mol. The van der Waals surface area contributed by atoms with Crippen molar-refractivity contribution >= 4 is 29.1 Å². The minimum absolute atomic E-state index is 0.0785. The fraction of sp³-hybridized carbons (Fsp3) is 0.143. The summed E-state index contributed by atoms with van der Waals surface area (Å²) in [4.78, 5) is 24.0. The average Bonchev–Trinajstić information content (AvgIpc) is 2.63. The molecule has 4 nitrogen and oxygen atoms in total. The van der Waals surface area contributed by atoms with Crippen molar-refractivity contribution in [3.05, 3.63) is 81.2 Å². The van der Waals surface area contributed by atoms with E-state index in [1.807, 2.05) is 43.3 Å². The Balaban J connectivity index is 2.16. The molecular weight excluding hydrogens is 316 g/mol. The first-order valence-electron chi connectivity index (χ1n) is 8.16. The van der Waals surface area contributed by atoms with Gasteiger partial charge in [0.05, 0.1) is 10.9 Å². The Morgan fingerprint density at radius 2 is 1.88 bits per heavy atom. The summed E-state index contributed by atoms with van der Waals surface area (Å²) in [6.07, 6.45) is 5.06. The molecule has 0 amide bonds. The summed E-state index contributed by atoms with van der Waals surface area (Å²) in [6.45, 7) is 1.99. The maximum Gasteiger partial charge on any atom is 0.335 e. The van der Waals surface area contributed by atoms with Crippen molar-refractivity contribution in [1.82, 2.24) is 0 Å². The predicted octanol–water partition coefficient (Wildman–Crippen LogP) is 4.61. The summed E-state index contributed by atoms with van der Waals surface area (Å²) in [5.74, 6) is -0.544. The highest BCUT2D eigenvalue weighted by atomic mass is 16.4. The lowest BCUT2D eigenvalue weighted by atomic mass is 10.0. The van der Waals surface area contributed by atoms with E-state index >= 15 is 0 Å². The first kappa shape index (κ1) is 16.7. The summed E-state index contributed by atoms with van der Waals surface area (Å²) in [7, 11) is 0. The highest BCUT2D eigenvalue weighted by molar-refractivity contribution is 5.93. The first-order chi connectivity index (χ1) is 12.1. The molecule has 3 aromatic rings. The molecule has 2 aromatic carbocycles. The Morgan fingerprint density at radius 1 is 1.12 bits per heavy atom. The topological polar surface area (TPSA) is 67.5 Å². The Hall–Kier alpha value is -3.14. The zero-order valence-electron chi connectivity index (χ0n) is 13.9. The molecule has 0 fully saturated rings. The van der Waals surface area contributed by atoms with E-state index in [2.05, 4.69) is 0 Å². The molecule has 0 aliphatic rings. The normalized spacial score (nSPS) is 11.2. The second-order valence-corrected chi connectivity index (χ2v) is 5.78. The standard InChI is InChI=1S/C21H18O4/c1-2-6-16-18(11-9-14-7-4-3-5-8-14)25-19-12-10-15(21(23)24)13-17(19)20(16)22/h3-5,7-13H,2,6H2,1H3,(H,23,24)/b11-9+. The molecule has 0 radical (unpaired) electrons. The lowest BCUT2D eigenvalue weighted by molar-refractivity contribution is 0.0697. The van der Waals surface area contributed by atoms with Crippen molar-refractivity contribution in [2.75, 3.05) is 0 Å². The number of aromatic carboxylic acids is 1. The average molecular weight is 334 g/mol. The molecule has 0 saturated carbocycles. The van der Waals surface area contributed by atoms with E-state index in [1.54, 1.807) is 6.08 Å². The van der Waals surface area contributed by atoms with Gasteiger partial charge < -0.3 is 9.52 Å². The zero-order valence-corrected chi connectivity index (χ0v) is 13.9. The molecule has 126 valence electrons. The molecule has 0 spiro atoms. The van der Waals surface area contributed by atoms with Crippen molar-refractivity contribution in [1.29, 1.82) is 0 Å². The van der Waals surface area contributed by atoms with Gasteiger partial charge in [-0.1, -0.05) is 49.8 Å². The molecule has 0 aliphatic heterocycles. The van der Waals surface area contributed by atoms with Gasteiger partial charge in [-0.25, -0.2) is 4.79 Å². The number of rotatable bonds is 5. The summed E-state index contributed by atoms with van der Waals surface area (Å²) in [5.41, 5.74) is 1.88. The van der Waals surface area contributed by atoms with Gasteiger partial charge in [-0.15, -0.1) is 0 Å². The minimum Gasteiger partial charge on any atom is -0.478 e. The van der Waals surface area contributed by atoms with Gasteiger partial charge in [0.2, 0.25) is 0 Å². The molecule has 3 rings (SSSR count). The molecule has 0 bridgehead atoms. The van der Waals surface area contributed by atoms with Crippen molar-refractivity contribution in [3.8, 4) is 0 Å². The number of hydrogen-bond acceptors (Lipinski definition) is 3. The number of carbonyl (C=O) groups is 1. The van der Waals surface area contributed by atoms with Gasteiger partial charge in [0.1, 0.15) is 11.3 Å². The van der Waals surface area contributed by atoms with Crippen LogP contribution in [0.5, 0.6) is 0 Å². The Kier molecular flexibility index (Phi) is 4.80. The monoisotopic (exact) mass is 334 g/mol. The van der Waals surface area contributed by atoms with Gasteiger partial charge in [-0.3, -0.25) is 4.79 Å². The molecule has 0 saturated heterocycles. The van der Waals surface area contributed by atoms with Crippen molar-refractivity contribution in [2.24, 2.45) is 0 Å². The van der Waals surface area contributed by atoms with Gasteiger partial charge in [0.15, 0.2) is 5.43 Å². The summed E-state index contributed by atoms with van der Waals surface area (Å²) in [5, 5.41) is 9.43. The van der Waals surface area contributed by atoms with Crippen molar-refractivity contribution in [3.63, 3.8) is 0 Å². The molecular formula is C21H18O4. The highest BCUT2D eigenvalue weighted by Crippen LogP contribution is 2.20. The third-order valence-corrected chi connectivity index (χ3v) is 3.99. The van der Waals surface area contributed by atoms with E-state index in [4.69, 9.17) is 9.52 Å². The van der Waals surface area contributed by atoms with Gasteiger partial charge in [0, 0.05) is 5.56 Å². The van der Waals surface area contributed by atoms with Crippen LogP contribution in [0.1, 0.15) is 40.6 Å². The van der Waals surface area contributed by atoms with Crippen LogP contribution in [0.2, 0.25) is 0 Å². The van der Waals surface area contributed by atoms with Crippen LogP contribution in [0.4, 0.5) is 0 Å². The van der Waals surface area contributed by atoms with Crippen LogP contribution in [0.25, 0.3) is 23.1 Å². The number of carboxylic acid groups (broad SMARTS) is 1. The van der Waals surface area contributed by atoms with E-state index in [0.29, 0.717) is 28.7 Å². The molecule has 1 aromatic heterocycles. The summed E-state index contributed by atoms with van der Waals surface area (Å²) < 4.78 is 5.90. The fourth-order valence-electron chi connectivity index (χ4n) is 2.74. The van der Waals surface area contributed by atoms with Crippen LogP contribution in [0.15, 0.2) is 57.7 Å². The van der Waals surface area contributed by atoms with Crippen LogP contribution in [-0.2, 0) is 6.42 Å². The number of fused-ring (bicyclic) bond motifs is 1. The first-order valence-corrected chi connectivity index (χ1v) is 8.16. The fourth-order valence-corrected chi connectivity index (χ4v) is 2.74. The largest absolute Gasteiger partial charge is 0.478 e. The Morgan fingerprint density at radius 3 is 2.56 bits per heavy atom. The molecule has 0 unspecified atom stereocenters. The maximum absolute atomic E-state index is 12.8. The second-order valence-electron chi connectivity index (χ2n) is 5.78. The van der Waals surface area contributed by atoms with Crippen LogP contribution < -0.4 is 5.43 Å². The minimum atomic E-state index is -1.06. The SMILES string of the molecule is CCCc1c(/C=C/c2ccccc2)oc2ccc(C(=O)O)cc2c1=O. The number of hydrogen-bond donors (Lipinski definition) is 1. The highest BCUT2D eigenvalue weighted by Gasteiger charge is 2.14.